The summed E-state index contributed by atoms with van der Waals surface area (Å²) in [5.74, 6) is -1.88. The molecule has 3 nitrogen and oxygen atoms in total. The van der Waals surface area contributed by atoms with Gasteiger partial charge in [0.15, 0.2) is 0 Å². The van der Waals surface area contributed by atoms with Crippen molar-refractivity contribution in [3.05, 3.63) is 0 Å². The second-order valence-corrected chi connectivity index (χ2v) is 4.14. The van der Waals surface area contributed by atoms with Gasteiger partial charge in [0.1, 0.15) is 5.97 Å². The highest BCUT2D eigenvalue weighted by Crippen LogP contribution is 2.47. The van der Waals surface area contributed by atoms with Crippen molar-refractivity contribution in [3.63, 3.8) is 0 Å². The molecule has 3 unspecified atom stereocenters. The summed E-state index contributed by atoms with van der Waals surface area (Å²) in [6.45, 7) is 0. The maximum absolute atomic E-state index is 12.6. The number of carbonyl (C=O) groups is 1. The van der Waals surface area contributed by atoms with E-state index in [-0.39, 0.29) is 5.92 Å². The van der Waals surface area contributed by atoms with E-state index in [1.54, 1.807) is 0 Å². The van der Waals surface area contributed by atoms with E-state index in [2.05, 4.69) is 4.74 Å². The van der Waals surface area contributed by atoms with E-state index in [1.165, 1.54) is 0 Å². The molecule has 2 fully saturated rings. The Kier molecular flexibility index (Phi) is 2.21. The monoisotopic (exact) mass is 205 g/mol. The zero-order valence-electron chi connectivity index (χ0n) is 7.54. The van der Waals surface area contributed by atoms with Gasteiger partial charge in [0.2, 0.25) is 0 Å². The highest BCUT2D eigenvalue weighted by molar-refractivity contribution is 5.71. The molecule has 2 rings (SSSR count). The number of hydrogen-bond donors (Lipinski definition) is 0. The third-order valence-corrected chi connectivity index (χ3v) is 3.21. The van der Waals surface area contributed by atoms with E-state index in [4.69, 9.17) is 0 Å². The Labute approximate surface area is 80.0 Å². The average Bonchev–Trinajstić information content (AvgIpc) is 2.63. The number of alkyl halides is 2. The minimum atomic E-state index is -4.13. The second-order valence-electron chi connectivity index (χ2n) is 4.14. The van der Waals surface area contributed by atoms with Crippen LogP contribution in [0.4, 0.5) is 8.78 Å². The lowest BCUT2D eigenvalue weighted by atomic mass is 9.98. The van der Waals surface area contributed by atoms with E-state index in [0.717, 1.165) is 19.3 Å². The van der Waals surface area contributed by atoms with Gasteiger partial charge in [-0.2, -0.15) is 8.78 Å². The molecule has 2 aliphatic rings. The van der Waals surface area contributed by atoms with Gasteiger partial charge >= 0.3 is 6.11 Å². The quantitative estimate of drug-likeness (QED) is 0.675. The summed E-state index contributed by atoms with van der Waals surface area (Å²) in [6, 6.07) is 0. The fourth-order valence-electron chi connectivity index (χ4n) is 2.57. The van der Waals surface area contributed by atoms with Crippen LogP contribution < -0.4 is 5.11 Å². The van der Waals surface area contributed by atoms with Gasteiger partial charge < -0.3 is 14.6 Å². The number of rotatable bonds is 3. The van der Waals surface area contributed by atoms with E-state index in [1.807, 2.05) is 0 Å². The molecule has 0 aromatic heterocycles. The molecule has 14 heavy (non-hydrogen) atoms. The first-order valence-electron chi connectivity index (χ1n) is 4.76. The lowest BCUT2D eigenvalue weighted by Gasteiger charge is -2.27. The molecule has 0 saturated heterocycles. The number of carboxylic acid groups (broad SMARTS) is 1. The van der Waals surface area contributed by atoms with Gasteiger partial charge in [0, 0.05) is 0 Å². The molecule has 5 heteroatoms. The summed E-state index contributed by atoms with van der Waals surface area (Å²) >= 11 is 0. The number of halogens is 2. The zero-order valence-corrected chi connectivity index (χ0v) is 7.54. The predicted octanol–water partition coefficient (Wildman–Crippen LogP) is 0.534. The first-order chi connectivity index (χ1) is 6.49. The molecule has 0 N–H and O–H groups in total. The number of hydrogen-bond acceptors (Lipinski definition) is 3. The summed E-state index contributed by atoms with van der Waals surface area (Å²) in [5, 5.41) is 10.0. The van der Waals surface area contributed by atoms with Crippen molar-refractivity contribution in [2.24, 2.45) is 11.8 Å². The van der Waals surface area contributed by atoms with Crippen LogP contribution in [0.2, 0.25) is 0 Å². The zero-order chi connectivity index (χ0) is 10.3. The summed E-state index contributed by atoms with van der Waals surface area (Å²) in [4.78, 5) is 10.0. The van der Waals surface area contributed by atoms with Crippen LogP contribution in [0, 0.1) is 11.8 Å². The van der Waals surface area contributed by atoms with Gasteiger partial charge in [-0.1, -0.05) is 0 Å². The first-order valence-corrected chi connectivity index (χ1v) is 4.76. The van der Waals surface area contributed by atoms with Crippen LogP contribution in [0.15, 0.2) is 0 Å². The average molecular weight is 205 g/mol. The maximum atomic E-state index is 12.6. The molecule has 0 amide bonds. The van der Waals surface area contributed by atoms with Crippen LogP contribution in [-0.2, 0) is 9.53 Å². The van der Waals surface area contributed by atoms with Crippen LogP contribution in [0.5, 0.6) is 0 Å². The molecule has 0 aromatic rings. The van der Waals surface area contributed by atoms with Crippen LogP contribution in [-0.4, -0.2) is 18.2 Å². The van der Waals surface area contributed by atoms with Crippen molar-refractivity contribution in [2.75, 3.05) is 0 Å². The van der Waals surface area contributed by atoms with Crippen molar-refractivity contribution in [1.82, 2.24) is 0 Å². The molecule has 2 aliphatic carbocycles. The standard InChI is InChI=1S/C9H12F2O3/c10-9(11,8(12)13)14-7-4-5-1-2-6(7)3-5/h5-7H,1-4H2,(H,12,13)/p-1. The number of ether oxygens (including phenoxy) is 1. The topological polar surface area (TPSA) is 49.4 Å². The van der Waals surface area contributed by atoms with Gasteiger partial charge in [-0.05, 0) is 37.5 Å². The second kappa shape index (κ2) is 3.15. The normalized spacial score (nSPS) is 36.3. The maximum Gasteiger partial charge on any atom is 0.397 e. The molecular weight excluding hydrogens is 194 g/mol. The first kappa shape index (κ1) is 9.83. The van der Waals surface area contributed by atoms with Gasteiger partial charge in [-0.15, -0.1) is 0 Å². The Hall–Kier alpha value is -0.710. The van der Waals surface area contributed by atoms with Crippen molar-refractivity contribution in [3.8, 4) is 0 Å². The fraction of sp³-hybridized carbons (Fsp3) is 0.889. The summed E-state index contributed by atoms with van der Waals surface area (Å²) < 4.78 is 29.6. The van der Waals surface area contributed by atoms with E-state index in [9.17, 15) is 18.7 Å². The molecule has 0 radical (unpaired) electrons. The lowest BCUT2D eigenvalue weighted by Crippen LogP contribution is -2.46. The minimum Gasteiger partial charge on any atom is -0.542 e. The lowest BCUT2D eigenvalue weighted by molar-refractivity contribution is -0.370. The number of fused-ring (bicyclic) bond motifs is 2. The molecular formula is C9H11F2O3-. The van der Waals surface area contributed by atoms with Crippen molar-refractivity contribution in [1.29, 1.82) is 0 Å². The third kappa shape index (κ3) is 1.61. The molecule has 0 spiro atoms. The highest BCUT2D eigenvalue weighted by atomic mass is 19.3. The van der Waals surface area contributed by atoms with Crippen molar-refractivity contribution >= 4 is 5.97 Å². The Balaban J connectivity index is 1.95. The van der Waals surface area contributed by atoms with Crippen molar-refractivity contribution < 1.29 is 23.4 Å². The Morgan fingerprint density at radius 1 is 1.36 bits per heavy atom. The Bertz CT molecular complexity index is 254. The number of carbonyl (C=O) groups excluding carboxylic acids is 1. The molecule has 3 atom stereocenters. The van der Waals surface area contributed by atoms with Gasteiger partial charge in [0.25, 0.3) is 0 Å². The molecule has 0 heterocycles. The van der Waals surface area contributed by atoms with Gasteiger partial charge in [0.05, 0.1) is 6.10 Å². The van der Waals surface area contributed by atoms with Gasteiger partial charge in [-0.3, -0.25) is 0 Å². The van der Waals surface area contributed by atoms with Gasteiger partial charge in [-0.25, -0.2) is 0 Å². The highest BCUT2D eigenvalue weighted by Gasteiger charge is 2.45. The number of aliphatic carboxylic acids is 1. The number of carboxylic acids is 1. The van der Waals surface area contributed by atoms with Crippen LogP contribution >= 0.6 is 0 Å². The molecule has 2 saturated carbocycles. The third-order valence-electron chi connectivity index (χ3n) is 3.21. The summed E-state index contributed by atoms with van der Waals surface area (Å²) in [5.41, 5.74) is 0. The minimum absolute atomic E-state index is 0.116. The van der Waals surface area contributed by atoms with Crippen molar-refractivity contribution in [2.45, 2.75) is 37.9 Å². The van der Waals surface area contributed by atoms with E-state index < -0.39 is 18.2 Å². The molecule has 0 aromatic carbocycles. The summed E-state index contributed by atoms with van der Waals surface area (Å²) in [6.07, 6.45) is -1.34. The fourth-order valence-corrected chi connectivity index (χ4v) is 2.57. The van der Waals surface area contributed by atoms with E-state index >= 15 is 0 Å². The van der Waals surface area contributed by atoms with Crippen LogP contribution in [0.3, 0.4) is 0 Å². The smallest absolute Gasteiger partial charge is 0.397 e. The SMILES string of the molecule is O=C([O-])C(F)(F)OC1CC2CCC1C2. The molecule has 0 aliphatic heterocycles. The summed E-state index contributed by atoms with van der Waals surface area (Å²) in [7, 11) is 0. The van der Waals surface area contributed by atoms with Crippen LogP contribution in [0.25, 0.3) is 0 Å². The largest absolute Gasteiger partial charge is 0.542 e. The van der Waals surface area contributed by atoms with Crippen LogP contribution in [0.1, 0.15) is 25.7 Å². The molecule has 80 valence electrons. The van der Waals surface area contributed by atoms with E-state index in [0.29, 0.717) is 12.3 Å². The predicted molar refractivity (Wildman–Crippen MR) is 40.3 cm³/mol. The Morgan fingerprint density at radius 2 is 2.07 bits per heavy atom. The molecule has 2 bridgehead atoms. The Morgan fingerprint density at radius 3 is 2.50 bits per heavy atom.